The fourth-order valence-electron chi connectivity index (χ4n) is 2.29. The lowest BCUT2D eigenvalue weighted by Gasteiger charge is -2.25. The molecule has 1 atom stereocenters. The van der Waals surface area contributed by atoms with Crippen molar-refractivity contribution in [2.45, 2.75) is 46.1 Å². The molecule has 1 unspecified atom stereocenters. The van der Waals surface area contributed by atoms with Gasteiger partial charge in [0.15, 0.2) is 0 Å². The fourth-order valence-corrected chi connectivity index (χ4v) is 2.29. The second-order valence-electron chi connectivity index (χ2n) is 6.26. The zero-order valence-corrected chi connectivity index (χ0v) is 12.1. The molecule has 1 heterocycles. The second-order valence-corrected chi connectivity index (χ2v) is 6.26. The van der Waals surface area contributed by atoms with Crippen molar-refractivity contribution in [2.24, 2.45) is 5.41 Å². The van der Waals surface area contributed by atoms with E-state index in [1.54, 1.807) is 0 Å². The Morgan fingerprint density at radius 2 is 1.89 bits per heavy atom. The Kier molecular flexibility index (Phi) is 4.20. The molecule has 0 bridgehead atoms. The van der Waals surface area contributed by atoms with E-state index >= 15 is 0 Å². The van der Waals surface area contributed by atoms with Crippen LogP contribution in [0.15, 0.2) is 36.5 Å². The summed E-state index contributed by atoms with van der Waals surface area (Å²) in [7, 11) is 0. The average molecular weight is 257 g/mol. The van der Waals surface area contributed by atoms with E-state index < -0.39 is 0 Å². The van der Waals surface area contributed by atoms with Gasteiger partial charge in [0.2, 0.25) is 0 Å². The molecule has 1 aromatic carbocycles. The van der Waals surface area contributed by atoms with Crippen LogP contribution < -0.4 is 0 Å². The second kappa shape index (κ2) is 5.70. The minimum Gasteiger partial charge on any atom is -0.393 e. The first kappa shape index (κ1) is 14.0. The monoisotopic (exact) mass is 257 g/mol. The largest absolute Gasteiger partial charge is 0.393 e. The van der Waals surface area contributed by atoms with E-state index in [9.17, 15) is 5.11 Å². The van der Waals surface area contributed by atoms with E-state index in [4.69, 9.17) is 0 Å². The summed E-state index contributed by atoms with van der Waals surface area (Å²) in [6.07, 6.45) is 4.49. The quantitative estimate of drug-likeness (QED) is 0.899. The zero-order chi connectivity index (χ0) is 13.9. The van der Waals surface area contributed by atoms with Crippen LogP contribution in [0.1, 0.15) is 39.2 Å². The molecule has 0 fully saturated rings. The molecule has 0 spiro atoms. The Balaban J connectivity index is 2.03. The lowest BCUT2D eigenvalue weighted by atomic mass is 9.86. The number of hydrogen-bond acceptors (Lipinski definition) is 2. The third kappa shape index (κ3) is 3.54. The summed E-state index contributed by atoms with van der Waals surface area (Å²) in [4.78, 5) is 4.37. The van der Waals surface area contributed by atoms with Crippen molar-refractivity contribution < 1.29 is 5.11 Å². The van der Waals surface area contributed by atoms with Crippen LogP contribution in [-0.2, 0) is 6.42 Å². The summed E-state index contributed by atoms with van der Waals surface area (Å²) < 4.78 is 0. The highest BCUT2D eigenvalue weighted by atomic mass is 16.3. The average Bonchev–Trinajstić information content (AvgIpc) is 2.38. The first-order chi connectivity index (χ1) is 8.98. The molecule has 1 aromatic heterocycles. The van der Waals surface area contributed by atoms with Gasteiger partial charge in [-0.2, -0.15) is 0 Å². The Bertz CT molecular complexity index is 537. The maximum atomic E-state index is 10.1. The lowest BCUT2D eigenvalue weighted by molar-refractivity contribution is 0.0541. The van der Waals surface area contributed by atoms with Gasteiger partial charge in [0.05, 0.1) is 11.6 Å². The molecular formula is C17H23NO. The highest BCUT2D eigenvalue weighted by molar-refractivity contribution is 5.81. The van der Waals surface area contributed by atoms with E-state index in [1.807, 2.05) is 18.3 Å². The van der Waals surface area contributed by atoms with E-state index in [0.29, 0.717) is 0 Å². The number of nitrogens with zero attached hydrogens (tertiary/aromatic N) is 1. The summed E-state index contributed by atoms with van der Waals surface area (Å²) >= 11 is 0. The number of fused-ring (bicyclic) bond motifs is 1. The van der Waals surface area contributed by atoms with Crippen LogP contribution in [0.2, 0.25) is 0 Å². The van der Waals surface area contributed by atoms with Crippen molar-refractivity contribution in [3.05, 3.63) is 42.1 Å². The summed E-state index contributed by atoms with van der Waals surface area (Å²) in [5, 5.41) is 11.3. The third-order valence-corrected chi connectivity index (χ3v) is 3.66. The summed E-state index contributed by atoms with van der Waals surface area (Å²) in [5.74, 6) is 0. The highest BCUT2D eigenvalue weighted by Gasteiger charge is 2.21. The molecule has 102 valence electrons. The standard InChI is InChI=1S/C17H23NO/c1-17(2,3)16(19)10-6-7-13-11-12-18-15-9-5-4-8-14(13)15/h4-5,8-9,11-12,16,19H,6-7,10H2,1-3H3. The number of aromatic nitrogens is 1. The molecule has 2 nitrogen and oxygen atoms in total. The lowest BCUT2D eigenvalue weighted by Crippen LogP contribution is -2.25. The van der Waals surface area contributed by atoms with Gasteiger partial charge in [0, 0.05) is 11.6 Å². The van der Waals surface area contributed by atoms with Gasteiger partial charge in [-0.15, -0.1) is 0 Å². The van der Waals surface area contributed by atoms with Gasteiger partial charge in [0.1, 0.15) is 0 Å². The highest BCUT2D eigenvalue weighted by Crippen LogP contribution is 2.24. The van der Waals surface area contributed by atoms with Crippen LogP contribution in [0.5, 0.6) is 0 Å². The SMILES string of the molecule is CC(C)(C)C(O)CCCc1ccnc2ccccc12. The molecule has 0 aliphatic rings. The van der Waals surface area contributed by atoms with Crippen LogP contribution in [0.25, 0.3) is 10.9 Å². The smallest absolute Gasteiger partial charge is 0.0704 e. The minimum absolute atomic E-state index is 0.0275. The molecule has 0 amide bonds. The van der Waals surface area contributed by atoms with Gasteiger partial charge in [-0.25, -0.2) is 0 Å². The number of aliphatic hydroxyl groups is 1. The van der Waals surface area contributed by atoms with Crippen molar-refractivity contribution in [3.8, 4) is 0 Å². The molecule has 0 aliphatic carbocycles. The Labute approximate surface area is 115 Å². The van der Waals surface area contributed by atoms with Crippen molar-refractivity contribution in [3.63, 3.8) is 0 Å². The van der Waals surface area contributed by atoms with Crippen LogP contribution in [0, 0.1) is 5.41 Å². The number of hydrogen-bond donors (Lipinski definition) is 1. The van der Waals surface area contributed by atoms with Gasteiger partial charge in [-0.3, -0.25) is 4.98 Å². The topological polar surface area (TPSA) is 33.1 Å². The maximum Gasteiger partial charge on any atom is 0.0704 e. The van der Waals surface area contributed by atoms with Crippen LogP contribution in [-0.4, -0.2) is 16.2 Å². The molecule has 0 saturated carbocycles. The molecule has 2 heteroatoms. The summed E-state index contributed by atoms with van der Waals surface area (Å²) in [5.41, 5.74) is 2.35. The predicted molar refractivity (Wildman–Crippen MR) is 80.1 cm³/mol. The van der Waals surface area contributed by atoms with E-state index in [1.165, 1.54) is 10.9 Å². The molecule has 0 saturated heterocycles. The first-order valence-corrected chi connectivity index (χ1v) is 6.99. The maximum absolute atomic E-state index is 10.1. The molecule has 0 aliphatic heterocycles. The predicted octanol–water partition coefficient (Wildman–Crippen LogP) is 3.96. The third-order valence-electron chi connectivity index (χ3n) is 3.66. The fraction of sp³-hybridized carbons (Fsp3) is 0.471. The molecule has 19 heavy (non-hydrogen) atoms. The normalized spacial score (nSPS) is 13.7. The molecular weight excluding hydrogens is 234 g/mol. The van der Waals surface area contributed by atoms with Crippen LogP contribution >= 0.6 is 0 Å². The number of rotatable bonds is 4. The van der Waals surface area contributed by atoms with Crippen molar-refractivity contribution >= 4 is 10.9 Å². The van der Waals surface area contributed by atoms with Crippen LogP contribution in [0.3, 0.4) is 0 Å². The van der Waals surface area contributed by atoms with Crippen molar-refractivity contribution in [1.29, 1.82) is 0 Å². The van der Waals surface area contributed by atoms with Gasteiger partial charge < -0.3 is 5.11 Å². The Morgan fingerprint density at radius 1 is 1.16 bits per heavy atom. The van der Waals surface area contributed by atoms with Crippen molar-refractivity contribution in [2.75, 3.05) is 0 Å². The van der Waals surface area contributed by atoms with Gasteiger partial charge in [0.25, 0.3) is 0 Å². The number of para-hydroxylation sites is 1. The number of aryl methyl sites for hydroxylation is 1. The Hall–Kier alpha value is -1.41. The molecule has 1 N–H and O–H groups in total. The Morgan fingerprint density at radius 3 is 2.63 bits per heavy atom. The number of benzene rings is 1. The first-order valence-electron chi connectivity index (χ1n) is 6.99. The molecule has 2 rings (SSSR count). The van der Waals surface area contributed by atoms with Gasteiger partial charge in [-0.1, -0.05) is 39.0 Å². The summed E-state index contributed by atoms with van der Waals surface area (Å²) in [6.45, 7) is 6.25. The minimum atomic E-state index is -0.236. The number of aliphatic hydroxyl groups excluding tert-OH is 1. The molecule has 2 aromatic rings. The summed E-state index contributed by atoms with van der Waals surface area (Å²) in [6, 6.07) is 10.3. The van der Waals surface area contributed by atoms with Crippen LogP contribution in [0.4, 0.5) is 0 Å². The van der Waals surface area contributed by atoms with E-state index in [0.717, 1.165) is 24.8 Å². The van der Waals surface area contributed by atoms with E-state index in [-0.39, 0.29) is 11.5 Å². The number of pyridine rings is 1. The van der Waals surface area contributed by atoms with Gasteiger partial charge >= 0.3 is 0 Å². The molecule has 0 radical (unpaired) electrons. The zero-order valence-electron chi connectivity index (χ0n) is 12.1. The van der Waals surface area contributed by atoms with E-state index in [2.05, 4.69) is 44.0 Å². The van der Waals surface area contributed by atoms with Crippen molar-refractivity contribution in [1.82, 2.24) is 4.98 Å². The van der Waals surface area contributed by atoms with Gasteiger partial charge in [-0.05, 0) is 42.4 Å².